The molecule has 1 amide bonds. The van der Waals surface area contributed by atoms with Crippen LogP contribution in [-0.4, -0.2) is 46.5 Å². The zero-order chi connectivity index (χ0) is 14.7. The number of aromatic nitrogens is 1. The van der Waals surface area contributed by atoms with Crippen LogP contribution in [0.3, 0.4) is 0 Å². The summed E-state index contributed by atoms with van der Waals surface area (Å²) in [6.45, 7) is 4.26. The van der Waals surface area contributed by atoms with Crippen molar-refractivity contribution in [3.8, 4) is 0 Å². The number of nitro groups is 1. The van der Waals surface area contributed by atoms with Crippen LogP contribution in [0.15, 0.2) is 12.3 Å². The average Bonchev–Trinajstić information content (AvgIpc) is 3.06. The molecule has 1 unspecified atom stereocenters. The Hall–Kier alpha value is -1.89. The van der Waals surface area contributed by atoms with Crippen molar-refractivity contribution in [2.75, 3.05) is 20.1 Å². The van der Waals surface area contributed by atoms with Gasteiger partial charge in [0.25, 0.3) is 11.6 Å². The Bertz CT molecular complexity index is 506. The van der Waals surface area contributed by atoms with Crippen LogP contribution in [-0.2, 0) is 6.54 Å². The highest BCUT2D eigenvalue weighted by Crippen LogP contribution is 2.20. The van der Waals surface area contributed by atoms with E-state index in [1.54, 1.807) is 16.5 Å². The van der Waals surface area contributed by atoms with E-state index in [-0.39, 0.29) is 17.6 Å². The van der Waals surface area contributed by atoms with Crippen LogP contribution in [0.25, 0.3) is 0 Å². The lowest BCUT2D eigenvalue weighted by molar-refractivity contribution is -0.384. The summed E-state index contributed by atoms with van der Waals surface area (Å²) < 4.78 is 1.68. The second kappa shape index (κ2) is 6.04. The zero-order valence-electron chi connectivity index (χ0n) is 11.8. The van der Waals surface area contributed by atoms with Crippen molar-refractivity contribution >= 4 is 11.6 Å². The van der Waals surface area contributed by atoms with E-state index in [4.69, 9.17) is 0 Å². The Morgan fingerprint density at radius 3 is 2.95 bits per heavy atom. The molecule has 0 aliphatic carbocycles. The second-order valence-electron chi connectivity index (χ2n) is 5.10. The van der Waals surface area contributed by atoms with E-state index in [0.29, 0.717) is 12.2 Å². The van der Waals surface area contributed by atoms with E-state index in [9.17, 15) is 14.9 Å². The fourth-order valence-electron chi connectivity index (χ4n) is 2.52. The van der Waals surface area contributed by atoms with Crippen molar-refractivity contribution in [2.24, 2.45) is 0 Å². The number of rotatable bonds is 5. The lowest BCUT2D eigenvalue weighted by Crippen LogP contribution is -2.39. The minimum atomic E-state index is -0.458. The molecule has 0 saturated carbocycles. The van der Waals surface area contributed by atoms with Crippen LogP contribution >= 0.6 is 0 Å². The number of nitrogens with zero attached hydrogens (tertiary/aromatic N) is 3. The van der Waals surface area contributed by atoms with E-state index in [0.717, 1.165) is 25.9 Å². The van der Waals surface area contributed by atoms with Gasteiger partial charge in [0.2, 0.25) is 0 Å². The number of aryl methyl sites for hydroxylation is 1. The number of carbonyl (C=O) groups excluding carboxylic acids is 1. The first-order valence-electron chi connectivity index (χ1n) is 6.87. The monoisotopic (exact) mass is 280 g/mol. The van der Waals surface area contributed by atoms with E-state index >= 15 is 0 Å². The number of hydrogen-bond donors (Lipinski definition) is 1. The summed E-state index contributed by atoms with van der Waals surface area (Å²) in [5, 5.41) is 14.1. The summed E-state index contributed by atoms with van der Waals surface area (Å²) in [4.78, 5) is 24.6. The quantitative estimate of drug-likeness (QED) is 0.650. The molecule has 2 heterocycles. The van der Waals surface area contributed by atoms with Crippen molar-refractivity contribution in [1.29, 1.82) is 0 Å². The van der Waals surface area contributed by atoms with Gasteiger partial charge < -0.3 is 14.8 Å². The van der Waals surface area contributed by atoms with Gasteiger partial charge in [-0.2, -0.15) is 0 Å². The Kier molecular flexibility index (Phi) is 4.39. The van der Waals surface area contributed by atoms with Gasteiger partial charge in [-0.1, -0.05) is 6.92 Å². The standard InChI is InChI=1S/C13H20N4O3/c1-3-6-16-9-11(17(19)20)7-12(16)13(18)15(2)10-4-5-14-8-10/h7,9-10,14H,3-6,8H2,1-2H3. The van der Waals surface area contributed by atoms with Gasteiger partial charge in [-0.25, -0.2) is 0 Å². The largest absolute Gasteiger partial charge is 0.337 e. The Morgan fingerprint density at radius 1 is 1.65 bits per heavy atom. The Labute approximate surface area is 117 Å². The summed E-state index contributed by atoms with van der Waals surface area (Å²) >= 11 is 0. The van der Waals surface area contributed by atoms with E-state index in [1.807, 2.05) is 6.92 Å². The predicted octanol–water partition coefficient (Wildman–Crippen LogP) is 1.24. The minimum absolute atomic E-state index is 0.0280. The summed E-state index contributed by atoms with van der Waals surface area (Å²) in [5.74, 6) is -0.153. The molecule has 1 atom stereocenters. The fourth-order valence-corrected chi connectivity index (χ4v) is 2.52. The molecule has 2 rings (SSSR count). The first kappa shape index (κ1) is 14.5. The van der Waals surface area contributed by atoms with Gasteiger partial charge in [-0.3, -0.25) is 14.9 Å². The first-order chi connectivity index (χ1) is 9.54. The lowest BCUT2D eigenvalue weighted by Gasteiger charge is -2.24. The van der Waals surface area contributed by atoms with E-state index in [2.05, 4.69) is 5.32 Å². The van der Waals surface area contributed by atoms with Crippen molar-refractivity contribution in [2.45, 2.75) is 32.4 Å². The van der Waals surface area contributed by atoms with Gasteiger partial charge in [0.1, 0.15) is 5.69 Å². The molecule has 1 N–H and O–H groups in total. The van der Waals surface area contributed by atoms with Gasteiger partial charge in [-0.15, -0.1) is 0 Å². The molecule has 0 bridgehead atoms. The van der Waals surface area contributed by atoms with Gasteiger partial charge in [-0.05, 0) is 19.4 Å². The molecule has 1 aromatic heterocycles. The molecule has 1 aromatic rings. The maximum Gasteiger partial charge on any atom is 0.287 e. The van der Waals surface area contributed by atoms with Crippen LogP contribution in [0, 0.1) is 10.1 Å². The average molecular weight is 280 g/mol. The summed E-state index contributed by atoms with van der Waals surface area (Å²) in [6, 6.07) is 1.53. The summed E-state index contributed by atoms with van der Waals surface area (Å²) in [7, 11) is 1.76. The molecule has 0 spiro atoms. The highest BCUT2D eigenvalue weighted by Gasteiger charge is 2.27. The van der Waals surface area contributed by atoms with E-state index in [1.165, 1.54) is 12.3 Å². The zero-order valence-corrected chi connectivity index (χ0v) is 11.8. The highest BCUT2D eigenvalue weighted by molar-refractivity contribution is 5.93. The van der Waals surface area contributed by atoms with Gasteiger partial charge in [0.05, 0.1) is 11.1 Å². The number of carbonyl (C=O) groups is 1. The summed E-state index contributed by atoms with van der Waals surface area (Å²) in [6.07, 6.45) is 3.18. The van der Waals surface area contributed by atoms with Crippen LogP contribution in [0.4, 0.5) is 5.69 Å². The molecule has 7 heteroatoms. The molecule has 7 nitrogen and oxygen atoms in total. The summed E-state index contributed by atoms with van der Waals surface area (Å²) in [5.41, 5.74) is 0.368. The Balaban J connectivity index is 2.24. The van der Waals surface area contributed by atoms with Crippen LogP contribution in [0.2, 0.25) is 0 Å². The molecular weight excluding hydrogens is 260 g/mol. The third kappa shape index (κ3) is 2.82. The number of likely N-dealkylation sites (N-methyl/N-ethyl adjacent to an activating group) is 1. The fraction of sp³-hybridized carbons (Fsp3) is 0.615. The molecule has 0 radical (unpaired) electrons. The van der Waals surface area contributed by atoms with Crippen molar-refractivity contribution < 1.29 is 9.72 Å². The molecular formula is C13H20N4O3. The number of hydrogen-bond acceptors (Lipinski definition) is 4. The molecule has 1 aliphatic heterocycles. The molecule has 1 aliphatic rings. The molecule has 20 heavy (non-hydrogen) atoms. The molecule has 0 aromatic carbocycles. The van der Waals surface area contributed by atoms with Crippen molar-refractivity contribution in [3.05, 3.63) is 28.1 Å². The normalized spacial score (nSPS) is 18.2. The van der Waals surface area contributed by atoms with E-state index < -0.39 is 4.92 Å². The third-order valence-electron chi connectivity index (χ3n) is 3.68. The first-order valence-corrected chi connectivity index (χ1v) is 6.87. The maximum atomic E-state index is 12.5. The lowest BCUT2D eigenvalue weighted by atomic mass is 10.2. The highest BCUT2D eigenvalue weighted by atomic mass is 16.6. The van der Waals surface area contributed by atoms with Gasteiger partial charge in [0, 0.05) is 32.2 Å². The molecule has 1 saturated heterocycles. The van der Waals surface area contributed by atoms with Crippen molar-refractivity contribution in [3.63, 3.8) is 0 Å². The minimum Gasteiger partial charge on any atom is -0.337 e. The number of nitrogens with one attached hydrogen (secondary N) is 1. The van der Waals surface area contributed by atoms with Crippen LogP contribution < -0.4 is 5.32 Å². The van der Waals surface area contributed by atoms with Gasteiger partial charge >= 0.3 is 0 Å². The Morgan fingerprint density at radius 2 is 2.40 bits per heavy atom. The molecule has 1 fully saturated rings. The topological polar surface area (TPSA) is 80.4 Å². The third-order valence-corrected chi connectivity index (χ3v) is 3.68. The second-order valence-corrected chi connectivity index (χ2v) is 5.10. The van der Waals surface area contributed by atoms with Crippen LogP contribution in [0.1, 0.15) is 30.3 Å². The van der Waals surface area contributed by atoms with Crippen LogP contribution in [0.5, 0.6) is 0 Å². The SMILES string of the molecule is CCCn1cc([N+](=O)[O-])cc1C(=O)N(C)C1CCNC1. The maximum absolute atomic E-state index is 12.5. The van der Waals surface area contributed by atoms with Crippen molar-refractivity contribution in [1.82, 2.24) is 14.8 Å². The van der Waals surface area contributed by atoms with Gasteiger partial charge in [0.15, 0.2) is 0 Å². The number of amides is 1. The smallest absolute Gasteiger partial charge is 0.287 e. The predicted molar refractivity (Wildman–Crippen MR) is 74.7 cm³/mol. The molecule has 110 valence electrons.